The molecule has 0 bridgehead atoms. The Morgan fingerprint density at radius 2 is 2.00 bits per heavy atom. The Morgan fingerprint density at radius 3 is 2.69 bits per heavy atom. The van der Waals surface area contributed by atoms with Gasteiger partial charge >= 0.3 is 0 Å². The van der Waals surface area contributed by atoms with Crippen LogP contribution in [0.25, 0.3) is 21.3 Å². The maximum absolute atomic E-state index is 13.2. The molecule has 6 nitrogen and oxygen atoms in total. The first-order valence-electron chi connectivity index (χ1n) is 7.72. The van der Waals surface area contributed by atoms with Gasteiger partial charge in [-0.2, -0.15) is 0 Å². The molecule has 0 amide bonds. The molecule has 0 spiro atoms. The quantitative estimate of drug-likeness (QED) is 0.419. The van der Waals surface area contributed by atoms with Crippen LogP contribution in [0.2, 0.25) is 0 Å². The highest BCUT2D eigenvalue weighted by atomic mass is 32.2. The molecule has 4 rings (SSSR count). The van der Waals surface area contributed by atoms with Gasteiger partial charge in [0.05, 0.1) is 11.1 Å². The number of fused-ring (bicyclic) bond motifs is 1. The molecule has 132 valence electrons. The Hall–Kier alpha value is -2.52. The van der Waals surface area contributed by atoms with E-state index in [1.54, 1.807) is 19.1 Å². The summed E-state index contributed by atoms with van der Waals surface area (Å²) in [5.41, 5.74) is 1.37. The lowest BCUT2D eigenvalue weighted by atomic mass is 10.0. The van der Waals surface area contributed by atoms with Gasteiger partial charge in [0.2, 0.25) is 11.8 Å². The molecule has 4 aromatic rings. The topological polar surface area (TPSA) is 84.7 Å². The number of H-pyrrole nitrogens is 1. The van der Waals surface area contributed by atoms with Crippen LogP contribution in [0.5, 0.6) is 0 Å². The first-order chi connectivity index (χ1) is 12.5. The number of rotatable bonds is 4. The van der Waals surface area contributed by atoms with Gasteiger partial charge in [-0.1, -0.05) is 23.9 Å². The standard InChI is InChI=1S/C17H13FN4O2S2/c1-8-13(10-3-5-11(18)6-4-10)14-15(23)19-17(20-16(14)26-8)25-7-12-22-21-9(2)24-12/h3-6H,7H2,1-2H3,(H,19,20,23). The lowest BCUT2D eigenvalue weighted by molar-refractivity contribution is 0.485. The van der Waals surface area contributed by atoms with Crippen LogP contribution < -0.4 is 5.56 Å². The summed E-state index contributed by atoms with van der Waals surface area (Å²) >= 11 is 2.77. The molecule has 1 N–H and O–H groups in total. The van der Waals surface area contributed by atoms with E-state index in [9.17, 15) is 9.18 Å². The van der Waals surface area contributed by atoms with E-state index in [1.165, 1.54) is 35.2 Å². The van der Waals surface area contributed by atoms with Crippen molar-refractivity contribution in [3.8, 4) is 11.1 Å². The number of nitrogens with zero attached hydrogens (tertiary/aromatic N) is 3. The first kappa shape index (κ1) is 16.9. The average molecular weight is 388 g/mol. The summed E-state index contributed by atoms with van der Waals surface area (Å²) in [5, 5.41) is 8.72. The van der Waals surface area contributed by atoms with Crippen molar-refractivity contribution < 1.29 is 8.81 Å². The Kier molecular flexibility index (Phi) is 4.33. The SMILES string of the molecule is Cc1nnc(CSc2nc3sc(C)c(-c4ccc(F)cc4)c3c(=O)[nH]2)o1. The molecule has 26 heavy (non-hydrogen) atoms. The van der Waals surface area contributed by atoms with E-state index < -0.39 is 0 Å². The van der Waals surface area contributed by atoms with E-state index in [-0.39, 0.29) is 11.4 Å². The van der Waals surface area contributed by atoms with Gasteiger partial charge in [-0.3, -0.25) is 4.79 Å². The van der Waals surface area contributed by atoms with Crippen LogP contribution in [0.3, 0.4) is 0 Å². The van der Waals surface area contributed by atoms with E-state index in [4.69, 9.17) is 4.42 Å². The Labute approximate surface area is 155 Å². The number of aryl methyl sites for hydroxylation is 2. The Bertz CT molecular complexity index is 1150. The summed E-state index contributed by atoms with van der Waals surface area (Å²) in [6.07, 6.45) is 0. The number of benzene rings is 1. The van der Waals surface area contributed by atoms with Crippen LogP contribution in [-0.2, 0) is 5.75 Å². The zero-order valence-electron chi connectivity index (χ0n) is 13.9. The number of aromatic amines is 1. The summed E-state index contributed by atoms with van der Waals surface area (Å²) in [7, 11) is 0. The predicted octanol–water partition coefficient (Wildman–Crippen LogP) is 4.08. The third-order valence-electron chi connectivity index (χ3n) is 3.75. The van der Waals surface area contributed by atoms with Gasteiger partial charge in [0.1, 0.15) is 10.6 Å². The minimum atomic E-state index is -0.312. The van der Waals surface area contributed by atoms with Crippen molar-refractivity contribution in [3.05, 3.63) is 57.1 Å². The first-order valence-corrected chi connectivity index (χ1v) is 9.52. The zero-order chi connectivity index (χ0) is 18.3. The van der Waals surface area contributed by atoms with Crippen LogP contribution in [-0.4, -0.2) is 20.2 Å². The lowest BCUT2D eigenvalue weighted by Gasteiger charge is -2.02. The van der Waals surface area contributed by atoms with Crippen molar-refractivity contribution in [2.75, 3.05) is 0 Å². The molecular weight excluding hydrogens is 375 g/mol. The second-order valence-electron chi connectivity index (χ2n) is 5.59. The van der Waals surface area contributed by atoms with Crippen molar-refractivity contribution in [1.82, 2.24) is 20.2 Å². The molecule has 0 unspecified atom stereocenters. The second-order valence-corrected chi connectivity index (χ2v) is 7.76. The summed E-state index contributed by atoms with van der Waals surface area (Å²) in [4.78, 5) is 21.6. The highest BCUT2D eigenvalue weighted by molar-refractivity contribution is 7.98. The minimum absolute atomic E-state index is 0.220. The normalized spacial score (nSPS) is 11.3. The maximum atomic E-state index is 13.2. The number of thiophene rings is 1. The summed E-state index contributed by atoms with van der Waals surface area (Å²) in [5.74, 6) is 1.08. The molecule has 1 aromatic carbocycles. The summed E-state index contributed by atoms with van der Waals surface area (Å²) in [6, 6.07) is 6.11. The largest absolute Gasteiger partial charge is 0.425 e. The van der Waals surface area contributed by atoms with Gasteiger partial charge in [-0.25, -0.2) is 9.37 Å². The van der Waals surface area contributed by atoms with Gasteiger partial charge in [0.15, 0.2) is 5.16 Å². The van der Waals surface area contributed by atoms with Crippen LogP contribution in [0.4, 0.5) is 4.39 Å². The maximum Gasteiger partial charge on any atom is 0.260 e. The van der Waals surface area contributed by atoms with Crippen molar-refractivity contribution in [2.45, 2.75) is 24.8 Å². The smallest absolute Gasteiger partial charge is 0.260 e. The molecule has 0 atom stereocenters. The van der Waals surface area contributed by atoms with Gasteiger partial charge in [-0.15, -0.1) is 21.5 Å². The highest BCUT2D eigenvalue weighted by Gasteiger charge is 2.17. The van der Waals surface area contributed by atoms with Gasteiger partial charge in [0, 0.05) is 17.4 Å². The zero-order valence-corrected chi connectivity index (χ0v) is 15.5. The van der Waals surface area contributed by atoms with E-state index in [1.807, 2.05) is 6.92 Å². The Morgan fingerprint density at radius 1 is 1.23 bits per heavy atom. The van der Waals surface area contributed by atoms with Gasteiger partial charge in [-0.05, 0) is 24.6 Å². The molecular formula is C17H13FN4O2S2. The Balaban J connectivity index is 1.72. The van der Waals surface area contributed by atoms with Crippen molar-refractivity contribution in [2.24, 2.45) is 0 Å². The third-order valence-corrected chi connectivity index (χ3v) is 5.61. The van der Waals surface area contributed by atoms with E-state index in [2.05, 4.69) is 20.2 Å². The molecule has 3 heterocycles. The fourth-order valence-corrected chi connectivity index (χ4v) is 4.46. The number of thioether (sulfide) groups is 1. The monoisotopic (exact) mass is 388 g/mol. The molecule has 0 aliphatic heterocycles. The van der Waals surface area contributed by atoms with E-state index in [0.29, 0.717) is 32.9 Å². The predicted molar refractivity (Wildman–Crippen MR) is 99.0 cm³/mol. The van der Waals surface area contributed by atoms with Crippen molar-refractivity contribution in [1.29, 1.82) is 0 Å². The minimum Gasteiger partial charge on any atom is -0.425 e. The van der Waals surface area contributed by atoms with Crippen LogP contribution >= 0.6 is 23.1 Å². The van der Waals surface area contributed by atoms with Crippen molar-refractivity contribution >= 4 is 33.3 Å². The number of nitrogens with one attached hydrogen (secondary N) is 1. The average Bonchev–Trinajstić information content (AvgIpc) is 3.16. The van der Waals surface area contributed by atoms with Gasteiger partial charge < -0.3 is 9.40 Å². The summed E-state index contributed by atoms with van der Waals surface area (Å²) in [6.45, 7) is 3.65. The number of hydrogen-bond acceptors (Lipinski definition) is 7. The fourth-order valence-electron chi connectivity index (χ4n) is 2.66. The molecule has 0 saturated carbocycles. The van der Waals surface area contributed by atoms with Gasteiger partial charge in [0.25, 0.3) is 5.56 Å². The van der Waals surface area contributed by atoms with Crippen molar-refractivity contribution in [3.63, 3.8) is 0 Å². The molecule has 3 aromatic heterocycles. The number of hydrogen-bond donors (Lipinski definition) is 1. The summed E-state index contributed by atoms with van der Waals surface area (Å²) < 4.78 is 18.5. The highest BCUT2D eigenvalue weighted by Crippen LogP contribution is 2.36. The molecule has 0 fully saturated rings. The number of aromatic nitrogens is 4. The third kappa shape index (κ3) is 3.15. The molecule has 0 aliphatic rings. The second kappa shape index (κ2) is 6.65. The van der Waals surface area contributed by atoms with E-state index in [0.717, 1.165) is 16.0 Å². The lowest BCUT2D eigenvalue weighted by Crippen LogP contribution is -2.08. The van der Waals surface area contributed by atoms with Crippen LogP contribution in [0, 0.1) is 19.7 Å². The molecule has 0 aliphatic carbocycles. The fraction of sp³-hybridized carbons (Fsp3) is 0.176. The van der Waals surface area contributed by atoms with E-state index >= 15 is 0 Å². The van der Waals surface area contributed by atoms with Crippen LogP contribution in [0.1, 0.15) is 16.7 Å². The molecule has 0 radical (unpaired) electrons. The molecule has 0 saturated heterocycles. The van der Waals surface area contributed by atoms with Crippen LogP contribution in [0.15, 0.2) is 38.6 Å². The number of halogens is 1. The molecule has 9 heteroatoms.